The average Bonchev–Trinajstić information content (AvgIpc) is 2.44. The first kappa shape index (κ1) is 17.4. The van der Waals surface area contributed by atoms with Crippen molar-refractivity contribution in [2.24, 2.45) is 5.73 Å². The summed E-state index contributed by atoms with van der Waals surface area (Å²) in [5, 5.41) is 2.31. The smallest absolute Gasteiger partial charge is 0.375 e. The molecule has 0 saturated heterocycles. The van der Waals surface area contributed by atoms with Gasteiger partial charge in [0.2, 0.25) is 0 Å². The summed E-state index contributed by atoms with van der Waals surface area (Å²) in [7, 11) is 0. The van der Waals surface area contributed by atoms with Gasteiger partial charge in [0.25, 0.3) is 11.5 Å². The minimum Gasteiger partial charge on any atom is -0.375 e. The lowest BCUT2D eigenvalue weighted by Crippen LogP contribution is -2.20. The minimum atomic E-state index is -4.83. The van der Waals surface area contributed by atoms with Gasteiger partial charge in [-0.2, -0.15) is 13.2 Å². The highest BCUT2D eigenvalue weighted by Gasteiger charge is 2.33. The van der Waals surface area contributed by atoms with Crippen LogP contribution in [0, 0.1) is 11.6 Å². The van der Waals surface area contributed by atoms with Gasteiger partial charge < -0.3 is 16.0 Å². The van der Waals surface area contributed by atoms with Crippen LogP contribution >= 0.6 is 0 Å². The van der Waals surface area contributed by atoms with Crippen molar-refractivity contribution in [1.29, 1.82) is 0 Å². The third kappa shape index (κ3) is 3.86. The molecule has 1 heterocycles. The average molecular weight is 348 g/mol. The van der Waals surface area contributed by atoms with Gasteiger partial charge in [-0.05, 0) is 6.07 Å². The summed E-state index contributed by atoms with van der Waals surface area (Å²) < 4.78 is 64.7. The van der Waals surface area contributed by atoms with Crippen molar-refractivity contribution in [3.05, 3.63) is 57.3 Å². The molecule has 0 fully saturated rings. The number of rotatable bonds is 4. The highest BCUT2D eigenvalue weighted by molar-refractivity contribution is 5.94. The van der Waals surface area contributed by atoms with Crippen LogP contribution in [0.2, 0.25) is 0 Å². The molecule has 0 radical (unpaired) electrons. The van der Waals surface area contributed by atoms with Gasteiger partial charge in [0, 0.05) is 12.1 Å². The Bertz CT molecular complexity index is 847. The molecule has 0 unspecified atom stereocenters. The Morgan fingerprint density at radius 3 is 2.46 bits per heavy atom. The van der Waals surface area contributed by atoms with Crippen molar-refractivity contribution in [2.45, 2.75) is 12.7 Å². The Labute approximate surface area is 130 Å². The molecular weight excluding hydrogens is 339 g/mol. The number of nitrogens with one attached hydrogen (secondary N) is 2. The van der Waals surface area contributed by atoms with Gasteiger partial charge in [0.05, 0.1) is 17.8 Å². The van der Waals surface area contributed by atoms with E-state index >= 15 is 0 Å². The quantitative estimate of drug-likeness (QED) is 0.733. The summed E-state index contributed by atoms with van der Waals surface area (Å²) in [6.07, 6.45) is -4.83. The van der Waals surface area contributed by atoms with E-state index in [2.05, 4.69) is 10.3 Å². The largest absolute Gasteiger partial charge is 0.433 e. The van der Waals surface area contributed by atoms with Gasteiger partial charge in [0.15, 0.2) is 5.69 Å². The van der Waals surface area contributed by atoms with Gasteiger partial charge in [-0.25, -0.2) is 13.8 Å². The molecule has 0 bridgehead atoms. The van der Waals surface area contributed by atoms with E-state index in [1.165, 1.54) is 0 Å². The van der Waals surface area contributed by atoms with Gasteiger partial charge in [-0.15, -0.1) is 0 Å². The fourth-order valence-corrected chi connectivity index (χ4v) is 1.79. The first-order chi connectivity index (χ1) is 11.1. The van der Waals surface area contributed by atoms with E-state index in [0.29, 0.717) is 6.07 Å². The molecule has 1 aromatic heterocycles. The molecular formula is C13H9F5N4O2. The molecule has 2 rings (SSSR count). The predicted octanol–water partition coefficient (Wildman–Crippen LogP) is 1.78. The fourth-order valence-electron chi connectivity index (χ4n) is 1.79. The summed E-state index contributed by atoms with van der Waals surface area (Å²) in [5.74, 6) is -3.87. The number of aromatic amines is 1. The monoisotopic (exact) mass is 348 g/mol. The van der Waals surface area contributed by atoms with Crippen LogP contribution in [0.25, 0.3) is 0 Å². The van der Waals surface area contributed by atoms with Crippen LogP contribution in [-0.4, -0.2) is 15.9 Å². The number of carbonyl (C=O) groups is 1. The maximum Gasteiger partial charge on any atom is 0.433 e. The number of halogens is 5. The van der Waals surface area contributed by atoms with Crippen molar-refractivity contribution >= 4 is 11.6 Å². The number of hydrogen-bond acceptors (Lipinski definition) is 4. The number of aromatic nitrogens is 2. The molecule has 24 heavy (non-hydrogen) atoms. The molecule has 6 nitrogen and oxygen atoms in total. The SMILES string of the molecule is NC(=O)c1cc(NCc2nc(C(F)(F)F)cc(=O)[nH]2)c(F)cc1F. The minimum absolute atomic E-state index is 0.271. The highest BCUT2D eigenvalue weighted by atomic mass is 19.4. The Kier molecular flexibility index (Phi) is 4.53. The molecule has 1 amide bonds. The Morgan fingerprint density at radius 1 is 1.21 bits per heavy atom. The van der Waals surface area contributed by atoms with E-state index in [4.69, 9.17) is 5.73 Å². The number of H-pyrrole nitrogens is 1. The first-order valence-corrected chi connectivity index (χ1v) is 6.28. The molecule has 0 aliphatic heterocycles. The molecule has 128 valence electrons. The molecule has 0 aliphatic rings. The molecule has 0 spiro atoms. The molecule has 0 saturated carbocycles. The Morgan fingerprint density at radius 2 is 1.88 bits per heavy atom. The number of carbonyl (C=O) groups excluding carboxylic acids is 1. The van der Waals surface area contributed by atoms with Gasteiger partial charge in [-0.1, -0.05) is 0 Å². The summed E-state index contributed by atoms with van der Waals surface area (Å²) in [6.45, 7) is -0.514. The van der Waals surface area contributed by atoms with Crippen molar-refractivity contribution in [2.75, 3.05) is 5.32 Å². The second-order valence-corrected chi connectivity index (χ2v) is 4.60. The van der Waals surface area contributed by atoms with E-state index in [0.717, 1.165) is 6.07 Å². The number of alkyl halides is 3. The molecule has 0 atom stereocenters. The third-order valence-electron chi connectivity index (χ3n) is 2.85. The normalized spacial score (nSPS) is 11.4. The maximum atomic E-state index is 13.6. The highest BCUT2D eigenvalue weighted by Crippen LogP contribution is 2.26. The van der Waals surface area contributed by atoms with Crippen molar-refractivity contribution in [1.82, 2.24) is 9.97 Å². The van der Waals surface area contributed by atoms with Gasteiger partial charge in [-0.3, -0.25) is 9.59 Å². The van der Waals surface area contributed by atoms with Crippen molar-refractivity contribution in [3.8, 4) is 0 Å². The number of amides is 1. The molecule has 1 aromatic carbocycles. The zero-order valence-electron chi connectivity index (χ0n) is 11.7. The van der Waals surface area contributed by atoms with Crippen LogP contribution < -0.4 is 16.6 Å². The Hall–Kier alpha value is -2.98. The molecule has 2 aromatic rings. The third-order valence-corrected chi connectivity index (χ3v) is 2.85. The van der Waals surface area contributed by atoms with Gasteiger partial charge >= 0.3 is 6.18 Å². The molecule has 0 aliphatic carbocycles. The summed E-state index contributed by atoms with van der Waals surface area (Å²) in [4.78, 5) is 27.5. The number of nitrogens with two attached hydrogens (primary N) is 1. The lowest BCUT2D eigenvalue weighted by Gasteiger charge is -2.11. The summed E-state index contributed by atoms with van der Waals surface area (Å²) >= 11 is 0. The zero-order chi connectivity index (χ0) is 18.1. The standard InChI is InChI=1S/C13H9F5N4O2/c14-6-2-7(15)8(1-5(6)12(19)24)20-4-10-21-9(13(16,17)18)3-11(23)22-10/h1-3,20H,4H2,(H2,19,24)(H,21,22,23). The van der Waals surface area contributed by atoms with Crippen molar-refractivity contribution < 1.29 is 26.7 Å². The van der Waals surface area contributed by atoms with E-state index in [1.54, 1.807) is 0 Å². The Balaban J connectivity index is 2.29. The summed E-state index contributed by atoms with van der Waals surface area (Å²) in [5.41, 5.74) is 1.44. The van der Waals surface area contributed by atoms with Crippen LogP contribution in [-0.2, 0) is 12.7 Å². The van der Waals surface area contributed by atoms with E-state index in [9.17, 15) is 31.5 Å². The van der Waals surface area contributed by atoms with Crippen molar-refractivity contribution in [3.63, 3.8) is 0 Å². The fraction of sp³-hybridized carbons (Fsp3) is 0.154. The molecule has 4 N–H and O–H groups in total. The topological polar surface area (TPSA) is 101 Å². The van der Waals surface area contributed by atoms with E-state index in [1.807, 2.05) is 4.98 Å². The van der Waals surface area contributed by atoms with E-state index in [-0.39, 0.29) is 6.07 Å². The zero-order valence-corrected chi connectivity index (χ0v) is 11.7. The number of primary amides is 1. The van der Waals surface area contributed by atoms with Crippen LogP contribution in [0.1, 0.15) is 21.9 Å². The second kappa shape index (κ2) is 6.26. The summed E-state index contributed by atoms with van der Waals surface area (Å²) in [6, 6.07) is 1.43. The lowest BCUT2D eigenvalue weighted by atomic mass is 10.1. The van der Waals surface area contributed by atoms with Gasteiger partial charge in [0.1, 0.15) is 17.5 Å². The predicted molar refractivity (Wildman–Crippen MR) is 72.1 cm³/mol. The van der Waals surface area contributed by atoms with E-state index < -0.39 is 58.6 Å². The number of nitrogens with zero attached hydrogens (tertiary/aromatic N) is 1. The van der Waals surface area contributed by atoms with Crippen LogP contribution in [0.4, 0.5) is 27.6 Å². The van der Waals surface area contributed by atoms with Crippen LogP contribution in [0.5, 0.6) is 0 Å². The molecule has 11 heteroatoms. The maximum absolute atomic E-state index is 13.6. The number of benzene rings is 1. The second-order valence-electron chi connectivity index (χ2n) is 4.60. The van der Waals surface area contributed by atoms with Crippen LogP contribution in [0.3, 0.4) is 0 Å². The number of anilines is 1. The lowest BCUT2D eigenvalue weighted by molar-refractivity contribution is -0.141. The number of hydrogen-bond donors (Lipinski definition) is 3. The van der Waals surface area contributed by atoms with Crippen LogP contribution in [0.15, 0.2) is 23.0 Å². The first-order valence-electron chi connectivity index (χ1n) is 6.28.